The highest BCUT2D eigenvalue weighted by molar-refractivity contribution is 5.80. The summed E-state index contributed by atoms with van der Waals surface area (Å²) >= 11 is 0. The number of aryl methyl sites for hydroxylation is 1. The van der Waals surface area contributed by atoms with E-state index in [4.69, 9.17) is 4.74 Å². The molecule has 0 spiro atoms. The number of aromatic nitrogens is 2. The fourth-order valence-electron chi connectivity index (χ4n) is 2.20. The van der Waals surface area contributed by atoms with Crippen LogP contribution in [0, 0.1) is 6.92 Å². The van der Waals surface area contributed by atoms with E-state index < -0.39 is 0 Å². The molecule has 1 aliphatic heterocycles. The van der Waals surface area contributed by atoms with Gasteiger partial charge in [0.2, 0.25) is 5.91 Å². The van der Waals surface area contributed by atoms with Crippen LogP contribution in [0.3, 0.4) is 0 Å². The molecule has 21 heavy (non-hydrogen) atoms. The fraction of sp³-hybridized carbons (Fsp3) is 0.643. The van der Waals surface area contributed by atoms with Crippen LogP contribution in [0.4, 0.5) is 11.6 Å². The molecular formula is C14H23N5O2. The Labute approximate surface area is 124 Å². The molecular weight excluding hydrogens is 270 g/mol. The first kappa shape index (κ1) is 15.5. The van der Waals surface area contributed by atoms with Crippen LogP contribution in [0.25, 0.3) is 0 Å². The minimum Gasteiger partial charge on any atom is -0.370 e. The lowest BCUT2D eigenvalue weighted by atomic mass is 10.2. The van der Waals surface area contributed by atoms with Crippen LogP contribution in [0.1, 0.15) is 25.6 Å². The van der Waals surface area contributed by atoms with Crippen molar-refractivity contribution < 1.29 is 9.53 Å². The SMILES string of the molecule is CCNc1cc(NCCNC(=O)C2CCCO2)nc(C)n1. The van der Waals surface area contributed by atoms with Crippen molar-refractivity contribution in [2.24, 2.45) is 0 Å². The van der Waals surface area contributed by atoms with Crippen LogP contribution in [0.5, 0.6) is 0 Å². The van der Waals surface area contributed by atoms with E-state index >= 15 is 0 Å². The Morgan fingerprint density at radius 2 is 2.10 bits per heavy atom. The number of nitrogens with one attached hydrogen (secondary N) is 3. The summed E-state index contributed by atoms with van der Waals surface area (Å²) in [6.07, 6.45) is 1.51. The summed E-state index contributed by atoms with van der Waals surface area (Å²) in [5.41, 5.74) is 0. The van der Waals surface area contributed by atoms with E-state index in [1.807, 2.05) is 19.9 Å². The van der Waals surface area contributed by atoms with Crippen LogP contribution in [-0.4, -0.2) is 48.2 Å². The smallest absolute Gasteiger partial charge is 0.249 e. The third-order valence-electron chi connectivity index (χ3n) is 3.15. The molecule has 1 unspecified atom stereocenters. The lowest BCUT2D eigenvalue weighted by Crippen LogP contribution is -2.36. The van der Waals surface area contributed by atoms with Crippen molar-refractivity contribution in [1.82, 2.24) is 15.3 Å². The number of carbonyl (C=O) groups is 1. The third kappa shape index (κ3) is 4.86. The van der Waals surface area contributed by atoms with E-state index in [2.05, 4.69) is 25.9 Å². The van der Waals surface area contributed by atoms with Gasteiger partial charge < -0.3 is 20.7 Å². The molecule has 0 radical (unpaired) electrons. The zero-order valence-corrected chi connectivity index (χ0v) is 12.6. The van der Waals surface area contributed by atoms with E-state index in [0.29, 0.717) is 25.5 Å². The number of anilines is 2. The van der Waals surface area contributed by atoms with Gasteiger partial charge in [-0.2, -0.15) is 0 Å². The van der Waals surface area contributed by atoms with Crippen LogP contribution in [-0.2, 0) is 9.53 Å². The summed E-state index contributed by atoms with van der Waals surface area (Å²) in [7, 11) is 0. The van der Waals surface area contributed by atoms with Gasteiger partial charge in [0, 0.05) is 32.3 Å². The molecule has 116 valence electrons. The maximum Gasteiger partial charge on any atom is 0.249 e. The molecule has 1 atom stereocenters. The molecule has 0 saturated carbocycles. The minimum atomic E-state index is -0.272. The molecule has 3 N–H and O–H groups in total. The summed E-state index contributed by atoms with van der Waals surface area (Å²) < 4.78 is 5.33. The minimum absolute atomic E-state index is 0.0264. The quantitative estimate of drug-likeness (QED) is 0.648. The molecule has 1 fully saturated rings. The maximum absolute atomic E-state index is 11.8. The fourth-order valence-corrected chi connectivity index (χ4v) is 2.20. The number of carbonyl (C=O) groups excluding carboxylic acids is 1. The van der Waals surface area contributed by atoms with Crippen molar-refractivity contribution in [3.8, 4) is 0 Å². The van der Waals surface area contributed by atoms with Gasteiger partial charge in [0.15, 0.2) is 0 Å². The summed E-state index contributed by atoms with van der Waals surface area (Å²) in [6, 6.07) is 1.86. The Kier molecular flexibility index (Phi) is 5.74. The molecule has 0 bridgehead atoms. The Morgan fingerprint density at radius 3 is 2.76 bits per heavy atom. The van der Waals surface area contributed by atoms with Gasteiger partial charge in [-0.15, -0.1) is 0 Å². The number of hydrogen-bond acceptors (Lipinski definition) is 6. The first-order chi connectivity index (χ1) is 10.2. The Hall–Kier alpha value is -1.89. The second-order valence-corrected chi connectivity index (χ2v) is 4.94. The Bertz CT molecular complexity index is 474. The van der Waals surface area contributed by atoms with Crippen molar-refractivity contribution in [1.29, 1.82) is 0 Å². The summed E-state index contributed by atoms with van der Waals surface area (Å²) in [6.45, 7) is 6.52. The number of nitrogens with zero attached hydrogens (tertiary/aromatic N) is 2. The predicted molar refractivity (Wildman–Crippen MR) is 81.4 cm³/mol. The van der Waals surface area contributed by atoms with E-state index in [1.165, 1.54) is 0 Å². The van der Waals surface area contributed by atoms with Gasteiger partial charge in [0.05, 0.1) is 0 Å². The van der Waals surface area contributed by atoms with Gasteiger partial charge >= 0.3 is 0 Å². The summed E-state index contributed by atoms with van der Waals surface area (Å²) in [5, 5.41) is 9.20. The molecule has 0 aliphatic carbocycles. The molecule has 0 aromatic carbocycles. The lowest BCUT2D eigenvalue weighted by molar-refractivity contribution is -0.129. The molecule has 1 aromatic rings. The van der Waals surface area contributed by atoms with Gasteiger partial charge in [0.25, 0.3) is 0 Å². The van der Waals surface area contributed by atoms with E-state index in [9.17, 15) is 4.79 Å². The predicted octanol–water partition coefficient (Wildman–Crippen LogP) is 0.924. The van der Waals surface area contributed by atoms with Crippen molar-refractivity contribution in [3.63, 3.8) is 0 Å². The molecule has 7 heteroatoms. The molecule has 7 nitrogen and oxygen atoms in total. The number of amides is 1. The van der Waals surface area contributed by atoms with Crippen LogP contribution < -0.4 is 16.0 Å². The molecule has 1 aliphatic rings. The van der Waals surface area contributed by atoms with Crippen molar-refractivity contribution in [2.75, 3.05) is 36.9 Å². The van der Waals surface area contributed by atoms with E-state index in [0.717, 1.165) is 31.0 Å². The van der Waals surface area contributed by atoms with E-state index in [-0.39, 0.29) is 12.0 Å². The second-order valence-electron chi connectivity index (χ2n) is 4.94. The van der Waals surface area contributed by atoms with Gasteiger partial charge in [-0.25, -0.2) is 9.97 Å². The largest absolute Gasteiger partial charge is 0.370 e. The first-order valence-electron chi connectivity index (χ1n) is 7.41. The van der Waals surface area contributed by atoms with Crippen LogP contribution >= 0.6 is 0 Å². The normalized spacial score (nSPS) is 17.5. The van der Waals surface area contributed by atoms with Crippen molar-refractivity contribution >= 4 is 17.5 Å². The van der Waals surface area contributed by atoms with Crippen LogP contribution in [0.2, 0.25) is 0 Å². The summed E-state index contributed by atoms with van der Waals surface area (Å²) in [5.74, 6) is 2.24. The number of hydrogen-bond donors (Lipinski definition) is 3. The highest BCUT2D eigenvalue weighted by atomic mass is 16.5. The molecule has 2 rings (SSSR count). The molecule has 1 amide bonds. The molecule has 2 heterocycles. The monoisotopic (exact) mass is 293 g/mol. The van der Waals surface area contributed by atoms with Crippen LogP contribution in [0.15, 0.2) is 6.07 Å². The zero-order chi connectivity index (χ0) is 15.1. The highest BCUT2D eigenvalue weighted by Crippen LogP contribution is 2.12. The standard InChI is InChI=1S/C14H23N5O2/c1-3-15-12-9-13(19-10(2)18-12)16-6-7-17-14(20)11-5-4-8-21-11/h9,11H,3-8H2,1-2H3,(H,17,20)(H2,15,16,18,19). The Balaban J connectivity index is 1.74. The molecule has 1 aromatic heterocycles. The average molecular weight is 293 g/mol. The van der Waals surface area contributed by atoms with Gasteiger partial charge in [-0.05, 0) is 26.7 Å². The van der Waals surface area contributed by atoms with Gasteiger partial charge in [-0.3, -0.25) is 4.79 Å². The zero-order valence-electron chi connectivity index (χ0n) is 12.6. The topological polar surface area (TPSA) is 88.2 Å². The van der Waals surface area contributed by atoms with Gasteiger partial charge in [-0.1, -0.05) is 0 Å². The molecule has 1 saturated heterocycles. The van der Waals surface area contributed by atoms with E-state index in [1.54, 1.807) is 0 Å². The third-order valence-corrected chi connectivity index (χ3v) is 3.15. The highest BCUT2D eigenvalue weighted by Gasteiger charge is 2.22. The number of ether oxygens (including phenoxy) is 1. The van der Waals surface area contributed by atoms with Gasteiger partial charge in [0.1, 0.15) is 23.6 Å². The first-order valence-corrected chi connectivity index (χ1v) is 7.41. The lowest BCUT2D eigenvalue weighted by Gasteiger charge is -2.12. The Morgan fingerprint density at radius 1 is 1.33 bits per heavy atom. The van der Waals surface area contributed by atoms with Crippen molar-refractivity contribution in [2.45, 2.75) is 32.8 Å². The summed E-state index contributed by atoms with van der Waals surface area (Å²) in [4.78, 5) is 20.3. The number of rotatable bonds is 7. The second kappa shape index (κ2) is 7.78. The average Bonchev–Trinajstić information content (AvgIpc) is 2.97. The van der Waals surface area contributed by atoms with Crippen molar-refractivity contribution in [3.05, 3.63) is 11.9 Å². The maximum atomic E-state index is 11.8.